The number of aryl methyl sites for hydroxylation is 1. The maximum Gasteiger partial charge on any atom is 0.349 e. The van der Waals surface area contributed by atoms with Crippen LogP contribution in [0.25, 0.3) is 27.4 Å². The molecule has 5 heteroatoms. The topological polar surface area (TPSA) is 66.3 Å². The number of nitrogens with one attached hydrogen (secondary N) is 1. The molecule has 1 aliphatic heterocycles. The van der Waals surface area contributed by atoms with E-state index in [1.807, 2.05) is 12.1 Å². The van der Waals surface area contributed by atoms with E-state index in [0.717, 1.165) is 18.2 Å². The Bertz CT molecular complexity index is 1360. The number of para-hydroxylation sites is 2. The highest BCUT2D eigenvalue weighted by Crippen LogP contribution is 2.31. The molecule has 0 saturated carbocycles. The number of benzene rings is 2. The number of H-pyrrole nitrogens is 1. The fraction of sp³-hybridized carbons (Fsp3) is 0.200. The van der Waals surface area contributed by atoms with Gasteiger partial charge in [0.2, 0.25) is 0 Å². The second-order valence-electron chi connectivity index (χ2n) is 7.61. The van der Waals surface area contributed by atoms with Crippen LogP contribution in [0.4, 0.5) is 0 Å². The average Bonchev–Trinajstić information content (AvgIpc) is 3.22. The molecule has 0 spiro atoms. The first kappa shape index (κ1) is 18.4. The number of fused-ring (bicyclic) bond motifs is 2. The highest BCUT2D eigenvalue weighted by atomic mass is 16.4. The van der Waals surface area contributed by atoms with Crippen molar-refractivity contribution in [3.8, 4) is 0 Å². The molecule has 150 valence electrons. The molecule has 5 nitrogen and oxygen atoms in total. The summed E-state index contributed by atoms with van der Waals surface area (Å²) in [4.78, 5) is 30.4. The standard InChI is InChI=1S/C25H22N2O3/c1-2-16-7-5-8-19-21(15-26-23(16)19)17-10-12-27(13-11-17)24(28)20-14-18-6-3-4-9-22(18)30-25(20)29/h3-10,14-15,26H,2,11-13H2,1H3. The second-order valence-corrected chi connectivity index (χ2v) is 7.61. The number of carbonyl (C=O) groups excluding carboxylic acids is 1. The summed E-state index contributed by atoms with van der Waals surface area (Å²) in [5.74, 6) is -0.281. The van der Waals surface area contributed by atoms with E-state index in [9.17, 15) is 9.59 Å². The van der Waals surface area contributed by atoms with Gasteiger partial charge in [-0.2, -0.15) is 0 Å². The van der Waals surface area contributed by atoms with Crippen molar-refractivity contribution in [1.29, 1.82) is 0 Å². The second kappa shape index (κ2) is 7.34. The molecule has 2 aromatic carbocycles. The number of aromatic nitrogens is 1. The largest absolute Gasteiger partial charge is 0.422 e. The fourth-order valence-electron chi connectivity index (χ4n) is 4.26. The molecular weight excluding hydrogens is 376 g/mol. The smallest absolute Gasteiger partial charge is 0.349 e. The molecule has 0 radical (unpaired) electrons. The Kier molecular flexibility index (Phi) is 4.51. The zero-order valence-corrected chi connectivity index (χ0v) is 16.8. The van der Waals surface area contributed by atoms with Gasteiger partial charge in [0.05, 0.1) is 0 Å². The molecule has 0 atom stereocenters. The molecule has 0 bridgehead atoms. The average molecular weight is 398 g/mol. The molecular formula is C25H22N2O3. The van der Waals surface area contributed by atoms with Crippen molar-refractivity contribution in [2.45, 2.75) is 19.8 Å². The zero-order valence-electron chi connectivity index (χ0n) is 16.8. The maximum absolute atomic E-state index is 13.0. The van der Waals surface area contributed by atoms with Crippen molar-refractivity contribution in [1.82, 2.24) is 9.88 Å². The normalized spacial score (nSPS) is 14.3. The van der Waals surface area contributed by atoms with E-state index in [2.05, 4.69) is 42.4 Å². The molecule has 5 rings (SSSR count). The third-order valence-electron chi connectivity index (χ3n) is 5.90. The lowest BCUT2D eigenvalue weighted by molar-refractivity contribution is 0.0769. The van der Waals surface area contributed by atoms with Gasteiger partial charge < -0.3 is 14.3 Å². The Balaban J connectivity index is 1.42. The van der Waals surface area contributed by atoms with Crippen molar-refractivity contribution in [2.75, 3.05) is 13.1 Å². The quantitative estimate of drug-likeness (QED) is 0.506. The summed E-state index contributed by atoms with van der Waals surface area (Å²) in [5.41, 5.74) is 4.90. The predicted octanol–water partition coefficient (Wildman–Crippen LogP) is 4.77. The van der Waals surface area contributed by atoms with Crippen LogP contribution < -0.4 is 5.63 Å². The lowest BCUT2D eigenvalue weighted by atomic mass is 9.97. The minimum atomic E-state index is -0.586. The van der Waals surface area contributed by atoms with Crippen LogP contribution in [0.1, 0.15) is 34.8 Å². The Morgan fingerprint density at radius 1 is 1.17 bits per heavy atom. The molecule has 0 saturated heterocycles. The predicted molar refractivity (Wildman–Crippen MR) is 119 cm³/mol. The number of amides is 1. The van der Waals surface area contributed by atoms with Gasteiger partial charge in [0, 0.05) is 41.1 Å². The monoisotopic (exact) mass is 398 g/mol. The summed E-state index contributed by atoms with van der Waals surface area (Å²) in [6.07, 6.45) is 5.87. The summed E-state index contributed by atoms with van der Waals surface area (Å²) < 4.78 is 5.33. The van der Waals surface area contributed by atoms with Gasteiger partial charge in [-0.15, -0.1) is 0 Å². The summed E-state index contributed by atoms with van der Waals surface area (Å²) >= 11 is 0. The zero-order chi connectivity index (χ0) is 20.7. The Morgan fingerprint density at radius 3 is 2.83 bits per heavy atom. The van der Waals surface area contributed by atoms with Crippen molar-refractivity contribution in [2.24, 2.45) is 0 Å². The molecule has 0 fully saturated rings. The summed E-state index contributed by atoms with van der Waals surface area (Å²) in [6, 6.07) is 15.2. The number of nitrogens with zero attached hydrogens (tertiary/aromatic N) is 1. The van der Waals surface area contributed by atoms with Gasteiger partial charge in [-0.25, -0.2) is 4.79 Å². The lowest BCUT2D eigenvalue weighted by Crippen LogP contribution is -2.37. The number of rotatable bonds is 3. The van der Waals surface area contributed by atoms with Gasteiger partial charge in [0.25, 0.3) is 5.91 Å². The van der Waals surface area contributed by atoms with Gasteiger partial charge in [-0.05, 0) is 36.1 Å². The highest BCUT2D eigenvalue weighted by Gasteiger charge is 2.23. The molecule has 0 aliphatic carbocycles. The molecule has 1 aliphatic rings. The van der Waals surface area contributed by atoms with Crippen molar-refractivity contribution in [3.05, 3.63) is 87.9 Å². The minimum absolute atomic E-state index is 0.0882. The molecule has 0 unspecified atom stereocenters. The van der Waals surface area contributed by atoms with Crippen molar-refractivity contribution >= 4 is 33.4 Å². The lowest BCUT2D eigenvalue weighted by Gasteiger charge is -2.26. The van der Waals surface area contributed by atoms with Crippen LogP contribution in [0.3, 0.4) is 0 Å². The summed E-state index contributed by atoms with van der Waals surface area (Å²) in [7, 11) is 0. The Labute approximate surface area is 173 Å². The van der Waals surface area contributed by atoms with E-state index in [0.29, 0.717) is 18.7 Å². The molecule has 1 N–H and O–H groups in total. The first-order valence-electron chi connectivity index (χ1n) is 10.3. The summed E-state index contributed by atoms with van der Waals surface area (Å²) in [5, 5.41) is 1.97. The van der Waals surface area contributed by atoms with Crippen molar-refractivity contribution < 1.29 is 9.21 Å². The van der Waals surface area contributed by atoms with Gasteiger partial charge in [0.15, 0.2) is 0 Å². The number of hydrogen-bond donors (Lipinski definition) is 1. The van der Waals surface area contributed by atoms with Gasteiger partial charge in [-0.1, -0.05) is 49.4 Å². The first-order valence-corrected chi connectivity index (χ1v) is 10.3. The number of hydrogen-bond acceptors (Lipinski definition) is 3. The number of aromatic amines is 1. The van der Waals surface area contributed by atoms with Crippen LogP contribution in [0.5, 0.6) is 0 Å². The van der Waals surface area contributed by atoms with Crippen LogP contribution in [0.2, 0.25) is 0 Å². The van der Waals surface area contributed by atoms with E-state index < -0.39 is 5.63 Å². The highest BCUT2D eigenvalue weighted by molar-refractivity contribution is 5.98. The number of carbonyl (C=O) groups is 1. The fourth-order valence-corrected chi connectivity index (χ4v) is 4.26. The first-order chi connectivity index (χ1) is 14.7. The molecule has 30 heavy (non-hydrogen) atoms. The van der Waals surface area contributed by atoms with Crippen LogP contribution in [0.15, 0.2) is 70.0 Å². The van der Waals surface area contributed by atoms with Gasteiger partial charge in [0.1, 0.15) is 11.1 Å². The van der Waals surface area contributed by atoms with Crippen LogP contribution in [-0.4, -0.2) is 28.9 Å². The van der Waals surface area contributed by atoms with E-state index >= 15 is 0 Å². The van der Waals surface area contributed by atoms with E-state index in [1.54, 1.807) is 23.1 Å². The summed E-state index contributed by atoms with van der Waals surface area (Å²) in [6.45, 7) is 3.19. The SMILES string of the molecule is CCc1cccc2c(C3=CCN(C(=O)c4cc5ccccc5oc4=O)CC3)c[nH]c12. The molecule has 2 aromatic heterocycles. The minimum Gasteiger partial charge on any atom is -0.422 e. The third-order valence-corrected chi connectivity index (χ3v) is 5.90. The molecule has 4 aromatic rings. The van der Waals surface area contributed by atoms with Gasteiger partial charge >= 0.3 is 5.63 Å². The van der Waals surface area contributed by atoms with Crippen molar-refractivity contribution in [3.63, 3.8) is 0 Å². The van der Waals surface area contributed by atoms with E-state index in [4.69, 9.17) is 4.42 Å². The van der Waals surface area contributed by atoms with E-state index in [1.165, 1.54) is 27.6 Å². The van der Waals surface area contributed by atoms with Crippen LogP contribution >= 0.6 is 0 Å². The Hall–Kier alpha value is -3.60. The Morgan fingerprint density at radius 2 is 2.03 bits per heavy atom. The van der Waals surface area contributed by atoms with Crippen LogP contribution in [0, 0.1) is 0 Å². The molecule has 3 heterocycles. The van der Waals surface area contributed by atoms with E-state index in [-0.39, 0.29) is 11.5 Å². The molecule has 1 amide bonds. The third kappa shape index (κ3) is 3.03. The van der Waals surface area contributed by atoms with Crippen LogP contribution in [-0.2, 0) is 6.42 Å². The maximum atomic E-state index is 13.0. The van der Waals surface area contributed by atoms with Gasteiger partial charge in [-0.3, -0.25) is 4.79 Å².